The molecule has 10 nitrogen and oxygen atoms in total. The summed E-state index contributed by atoms with van der Waals surface area (Å²) in [6, 6.07) is 9.73. The molecule has 2 heterocycles. The van der Waals surface area contributed by atoms with Crippen LogP contribution in [0.2, 0.25) is 0 Å². The van der Waals surface area contributed by atoms with Crippen LogP contribution >= 0.6 is 7.60 Å². The van der Waals surface area contributed by atoms with Crippen LogP contribution in [0.4, 0.5) is 36.3 Å². The Morgan fingerprint density at radius 3 is 2.40 bits per heavy atom. The standard InChI is InChI=1S/C28H31F3N5O5P/c1-6-40-42(38,41-7-2)16-18-11-12-20(23(13-18)39-5)34-27-32-14-19(28(29,30)31)26(35-27)33-21-9-8-10-22-24(21)25(37)17(3)15-36(22)4/h8-15H,6-7,16H2,1-5H3,(H2,32,33,34,35). The smallest absolute Gasteiger partial charge is 0.421 e. The first-order valence-electron chi connectivity index (χ1n) is 13.0. The molecule has 0 radical (unpaired) electrons. The lowest BCUT2D eigenvalue weighted by atomic mass is 10.1. The Morgan fingerprint density at radius 1 is 1.05 bits per heavy atom. The molecule has 0 amide bonds. The van der Waals surface area contributed by atoms with Crippen molar-refractivity contribution < 1.29 is 31.5 Å². The molecule has 2 N–H and O–H groups in total. The van der Waals surface area contributed by atoms with Crippen LogP contribution in [0.15, 0.2) is 53.6 Å². The fraction of sp³-hybridized carbons (Fsp3) is 0.321. The lowest BCUT2D eigenvalue weighted by Gasteiger charge is -2.19. The molecule has 2 aromatic carbocycles. The molecule has 0 bridgehead atoms. The first-order chi connectivity index (χ1) is 19.9. The van der Waals surface area contributed by atoms with Crippen LogP contribution in [0, 0.1) is 6.92 Å². The molecular formula is C28H31F3N5O5P. The highest BCUT2D eigenvalue weighted by Gasteiger charge is 2.35. The number of ether oxygens (including phenoxy) is 1. The predicted molar refractivity (Wildman–Crippen MR) is 155 cm³/mol. The fourth-order valence-corrected chi connectivity index (χ4v) is 6.16. The van der Waals surface area contributed by atoms with Gasteiger partial charge in [-0.1, -0.05) is 12.1 Å². The number of aromatic nitrogens is 3. The third kappa shape index (κ3) is 6.75. The Bertz CT molecular complexity index is 1700. The van der Waals surface area contributed by atoms with Crippen molar-refractivity contribution in [3.63, 3.8) is 0 Å². The van der Waals surface area contributed by atoms with Gasteiger partial charge in [-0.05, 0) is 50.6 Å². The second kappa shape index (κ2) is 12.5. The summed E-state index contributed by atoms with van der Waals surface area (Å²) >= 11 is 0. The topological polar surface area (TPSA) is 117 Å². The van der Waals surface area contributed by atoms with Crippen LogP contribution in [0.3, 0.4) is 0 Å². The van der Waals surface area contributed by atoms with E-state index < -0.39 is 25.2 Å². The fourth-order valence-electron chi connectivity index (χ4n) is 4.47. The number of aryl methyl sites for hydroxylation is 2. The SMILES string of the molecule is CCOP(=O)(Cc1ccc(Nc2ncc(C(F)(F)F)c(Nc3cccc4c3c(=O)c(C)cn4C)n2)c(OC)c1)OCC. The van der Waals surface area contributed by atoms with Crippen molar-refractivity contribution in [1.82, 2.24) is 14.5 Å². The molecule has 224 valence electrons. The molecule has 0 fully saturated rings. The lowest BCUT2D eigenvalue weighted by Crippen LogP contribution is -2.15. The van der Waals surface area contributed by atoms with Gasteiger partial charge in [-0.2, -0.15) is 18.2 Å². The molecule has 0 aliphatic carbocycles. The van der Waals surface area contributed by atoms with Crippen LogP contribution in [0.1, 0.15) is 30.5 Å². The summed E-state index contributed by atoms with van der Waals surface area (Å²) in [6.45, 7) is 5.49. The quantitative estimate of drug-likeness (QED) is 0.176. The maximum atomic E-state index is 14.0. The van der Waals surface area contributed by atoms with Crippen molar-refractivity contribution in [3.8, 4) is 5.75 Å². The summed E-state index contributed by atoms with van der Waals surface area (Å²) in [5.41, 5.74) is 0.682. The Kier molecular flexibility index (Phi) is 9.24. The molecule has 4 rings (SSSR count). The van der Waals surface area contributed by atoms with Gasteiger partial charge >= 0.3 is 13.8 Å². The highest BCUT2D eigenvalue weighted by molar-refractivity contribution is 7.53. The summed E-state index contributed by atoms with van der Waals surface area (Å²) < 4.78 is 72.8. The van der Waals surface area contributed by atoms with E-state index in [0.29, 0.717) is 34.3 Å². The number of halogens is 3. The van der Waals surface area contributed by atoms with Crippen LogP contribution in [-0.4, -0.2) is 34.9 Å². The van der Waals surface area contributed by atoms with Crippen LogP contribution in [-0.2, 0) is 33.0 Å². The molecule has 14 heteroatoms. The van der Waals surface area contributed by atoms with Crippen LogP contribution in [0.5, 0.6) is 5.75 Å². The van der Waals surface area contributed by atoms with E-state index in [0.717, 1.165) is 0 Å². The number of anilines is 4. The van der Waals surface area contributed by atoms with E-state index in [1.54, 1.807) is 68.9 Å². The molecule has 2 aromatic heterocycles. The number of nitrogens with one attached hydrogen (secondary N) is 2. The Labute approximate surface area is 240 Å². The molecule has 0 aliphatic rings. The van der Waals surface area contributed by atoms with Crippen molar-refractivity contribution in [3.05, 3.63) is 75.7 Å². The van der Waals surface area contributed by atoms with Gasteiger partial charge in [0.2, 0.25) is 5.95 Å². The van der Waals surface area contributed by atoms with E-state index in [1.165, 1.54) is 13.2 Å². The summed E-state index contributed by atoms with van der Waals surface area (Å²) in [7, 11) is -0.219. The second-order valence-electron chi connectivity index (χ2n) is 9.29. The Hall–Kier alpha value is -3.93. The first-order valence-corrected chi connectivity index (χ1v) is 14.7. The van der Waals surface area contributed by atoms with Gasteiger partial charge in [0.1, 0.15) is 17.1 Å². The van der Waals surface area contributed by atoms with Gasteiger partial charge in [0.05, 0.1) is 48.8 Å². The number of alkyl halides is 3. The van der Waals surface area contributed by atoms with Crippen molar-refractivity contribution in [2.24, 2.45) is 7.05 Å². The summed E-state index contributed by atoms with van der Waals surface area (Å²) in [6.07, 6.45) is -2.46. The summed E-state index contributed by atoms with van der Waals surface area (Å²) in [4.78, 5) is 21.0. The predicted octanol–water partition coefficient (Wildman–Crippen LogP) is 6.92. The zero-order chi connectivity index (χ0) is 30.7. The van der Waals surface area contributed by atoms with E-state index in [1.807, 2.05) is 0 Å². The van der Waals surface area contributed by atoms with E-state index in [-0.39, 0.29) is 41.8 Å². The normalized spacial score (nSPS) is 12.0. The molecule has 0 aliphatic heterocycles. The number of fused-ring (bicyclic) bond motifs is 1. The molecule has 0 atom stereocenters. The number of nitrogens with zero attached hydrogens (tertiary/aromatic N) is 3. The average Bonchev–Trinajstić information content (AvgIpc) is 2.92. The largest absolute Gasteiger partial charge is 0.495 e. The van der Waals surface area contributed by atoms with Crippen molar-refractivity contribution in [2.45, 2.75) is 33.1 Å². The highest BCUT2D eigenvalue weighted by atomic mass is 31.2. The maximum Gasteiger partial charge on any atom is 0.421 e. The summed E-state index contributed by atoms with van der Waals surface area (Å²) in [5, 5.41) is 5.83. The van der Waals surface area contributed by atoms with Gasteiger partial charge in [0.15, 0.2) is 5.43 Å². The maximum absolute atomic E-state index is 14.0. The number of rotatable bonds is 11. The minimum absolute atomic E-state index is 0.000135. The van der Waals surface area contributed by atoms with Crippen molar-refractivity contribution in [2.75, 3.05) is 31.0 Å². The van der Waals surface area contributed by atoms with Gasteiger partial charge in [0, 0.05) is 25.0 Å². The van der Waals surface area contributed by atoms with Crippen LogP contribution < -0.4 is 20.8 Å². The van der Waals surface area contributed by atoms with Gasteiger partial charge in [-0.3, -0.25) is 9.36 Å². The van der Waals surface area contributed by atoms with Crippen molar-refractivity contribution in [1.29, 1.82) is 0 Å². The first kappa shape index (κ1) is 31.0. The summed E-state index contributed by atoms with van der Waals surface area (Å²) in [5.74, 6) is -0.394. The lowest BCUT2D eigenvalue weighted by molar-refractivity contribution is -0.137. The van der Waals surface area contributed by atoms with Gasteiger partial charge in [-0.15, -0.1) is 0 Å². The average molecular weight is 606 g/mol. The molecule has 0 saturated heterocycles. The van der Waals surface area contributed by atoms with Crippen LogP contribution in [0.25, 0.3) is 10.9 Å². The number of methoxy groups -OCH3 is 1. The number of benzene rings is 2. The molecular weight excluding hydrogens is 574 g/mol. The Morgan fingerprint density at radius 2 is 1.76 bits per heavy atom. The molecule has 0 spiro atoms. The third-order valence-corrected chi connectivity index (χ3v) is 8.34. The number of pyridine rings is 1. The number of hydrogen-bond acceptors (Lipinski definition) is 9. The zero-order valence-electron chi connectivity index (χ0n) is 23.7. The van der Waals surface area contributed by atoms with E-state index >= 15 is 0 Å². The molecule has 0 saturated carbocycles. The number of hydrogen-bond donors (Lipinski definition) is 2. The third-order valence-electron chi connectivity index (χ3n) is 6.28. The van der Waals surface area contributed by atoms with Gasteiger partial charge < -0.3 is 29.0 Å². The Balaban J connectivity index is 1.71. The monoisotopic (exact) mass is 605 g/mol. The van der Waals surface area contributed by atoms with Gasteiger partial charge in [-0.25, -0.2) is 4.98 Å². The van der Waals surface area contributed by atoms with E-state index in [2.05, 4.69) is 20.6 Å². The molecule has 0 unspecified atom stereocenters. The molecule has 42 heavy (non-hydrogen) atoms. The van der Waals surface area contributed by atoms with E-state index in [9.17, 15) is 22.5 Å². The van der Waals surface area contributed by atoms with Crippen molar-refractivity contribution >= 4 is 41.6 Å². The minimum Gasteiger partial charge on any atom is -0.495 e. The van der Waals surface area contributed by atoms with E-state index in [4.69, 9.17) is 13.8 Å². The second-order valence-corrected chi connectivity index (χ2v) is 11.3. The van der Waals surface area contributed by atoms with Gasteiger partial charge in [0.25, 0.3) is 0 Å². The molecule has 4 aromatic rings. The minimum atomic E-state index is -4.78. The zero-order valence-corrected chi connectivity index (χ0v) is 24.6. The highest BCUT2D eigenvalue weighted by Crippen LogP contribution is 2.51.